The van der Waals surface area contributed by atoms with E-state index in [2.05, 4.69) is 31.1 Å². The Labute approximate surface area is 380 Å². The Morgan fingerprint density at radius 2 is 1.05 bits per heavy atom. The van der Waals surface area contributed by atoms with Crippen molar-refractivity contribution in [3.63, 3.8) is 0 Å². The summed E-state index contributed by atoms with van der Waals surface area (Å²) in [6.45, 7) is 1.33. The van der Waals surface area contributed by atoms with Gasteiger partial charge in [-0.2, -0.15) is 20.5 Å². The van der Waals surface area contributed by atoms with Crippen molar-refractivity contribution < 1.29 is 53.9 Å². The van der Waals surface area contributed by atoms with Gasteiger partial charge in [-0.05, 0) is 42.5 Å². The van der Waals surface area contributed by atoms with Crippen LogP contribution in [0, 0.1) is 20.2 Å². The fourth-order valence-corrected chi connectivity index (χ4v) is 7.55. The molecule has 0 heterocycles. The number of carbonyl (C=O) groups is 1. The first-order valence-electron chi connectivity index (χ1n) is 20.6. The number of fused-ring (bicyclic) bond motifs is 2. The second-order valence-electron chi connectivity index (χ2n) is 15.2. The molecule has 6 aromatic rings. The van der Waals surface area contributed by atoms with Gasteiger partial charge in [0.25, 0.3) is 11.4 Å². The Morgan fingerprint density at radius 1 is 0.578 bits per heavy atom. The molecule has 0 spiro atoms. The number of carbonyl (C=O) groups excluding carboxylic acids is 1. The maximum atomic E-state index is 12.3. The van der Waals surface area contributed by atoms with Gasteiger partial charge < -0.3 is 31.1 Å². The van der Waals surface area contributed by atoms with Crippen LogP contribution >= 0.6 is 0 Å². The molecule has 1 amide bonds. The zero-order valence-corrected chi connectivity index (χ0v) is 36.1. The summed E-state index contributed by atoms with van der Waals surface area (Å²) >= 11 is 0. The van der Waals surface area contributed by atoms with E-state index in [0.717, 1.165) is 53.9 Å². The van der Waals surface area contributed by atoms with Crippen molar-refractivity contribution in [2.75, 3.05) is 5.32 Å². The molecule has 2 N–H and O–H groups in total. The van der Waals surface area contributed by atoms with E-state index >= 15 is 0 Å². The van der Waals surface area contributed by atoms with Crippen LogP contribution in [0.25, 0.3) is 21.5 Å². The van der Waals surface area contributed by atoms with Gasteiger partial charge in [0.2, 0.25) is 5.91 Å². The summed E-state index contributed by atoms with van der Waals surface area (Å²) in [4.78, 5) is 31.7. The summed E-state index contributed by atoms with van der Waals surface area (Å²) in [5, 5.41) is 93.5. The van der Waals surface area contributed by atoms with Crippen LogP contribution in [-0.4, -0.2) is 27.8 Å². The minimum atomic E-state index is -0.662. The molecule has 2 fully saturated rings. The maximum Gasteiger partial charge on any atom is 3.00 e. The van der Waals surface area contributed by atoms with Crippen LogP contribution in [0.1, 0.15) is 72.6 Å². The van der Waals surface area contributed by atoms with Crippen molar-refractivity contribution in [3.05, 3.63) is 123 Å². The van der Waals surface area contributed by atoms with E-state index in [4.69, 9.17) is 0 Å². The van der Waals surface area contributed by atoms with Gasteiger partial charge >= 0.3 is 18.8 Å². The minimum absolute atomic E-state index is 0. The van der Waals surface area contributed by atoms with Crippen LogP contribution in [0.2, 0.25) is 0 Å². The predicted molar refractivity (Wildman–Crippen MR) is 233 cm³/mol. The van der Waals surface area contributed by atoms with Crippen LogP contribution < -0.4 is 31.1 Å². The average Bonchev–Trinajstić information content (AvgIpc) is 3.27. The van der Waals surface area contributed by atoms with E-state index in [9.17, 15) is 45.4 Å². The molecule has 0 saturated heterocycles. The fourth-order valence-electron chi connectivity index (χ4n) is 7.55. The van der Waals surface area contributed by atoms with Gasteiger partial charge in [-0.15, -0.1) is 0 Å². The van der Waals surface area contributed by atoms with Crippen molar-refractivity contribution in [1.29, 1.82) is 0 Å². The summed E-state index contributed by atoms with van der Waals surface area (Å²) in [7, 11) is 0. The molecule has 0 aromatic heterocycles. The summed E-state index contributed by atoms with van der Waals surface area (Å²) in [6.07, 6.45) is 14.6. The molecule has 2 aliphatic rings. The van der Waals surface area contributed by atoms with Crippen LogP contribution in [0.3, 0.4) is 0 Å². The first kappa shape index (κ1) is 48.0. The van der Waals surface area contributed by atoms with E-state index in [1.165, 1.54) is 83.3 Å². The molecule has 2 aliphatic carbocycles. The quantitative estimate of drug-likeness (QED) is 0.0787. The van der Waals surface area contributed by atoms with Crippen LogP contribution in [-0.2, 0) is 22.2 Å². The van der Waals surface area contributed by atoms with E-state index in [1.807, 2.05) is 12.1 Å². The van der Waals surface area contributed by atoms with E-state index in [1.54, 1.807) is 42.5 Å². The third-order valence-corrected chi connectivity index (χ3v) is 10.7. The van der Waals surface area contributed by atoms with Crippen molar-refractivity contribution in [3.8, 4) is 23.0 Å². The fraction of sp³-hybridized carbons (Fsp3) is 0.283. The molecule has 8 rings (SSSR count). The number of rotatable bonds is 9. The molecule has 0 bridgehead atoms. The Hall–Kier alpha value is -7.00. The molecule has 0 unspecified atom stereocenters. The van der Waals surface area contributed by atoms with Gasteiger partial charge in [0.15, 0.2) is 0 Å². The number of nitrogens with one attached hydrogen (secondary N) is 2. The van der Waals surface area contributed by atoms with Gasteiger partial charge in [0, 0.05) is 54.0 Å². The number of azo groups is 2. The van der Waals surface area contributed by atoms with Gasteiger partial charge in [-0.1, -0.05) is 134 Å². The Bertz CT molecular complexity index is 2660. The number of nitro groups is 2. The van der Waals surface area contributed by atoms with Gasteiger partial charge in [-0.3, -0.25) is 25.0 Å². The molecule has 6 aromatic carbocycles. The number of benzene rings is 6. The first-order valence-corrected chi connectivity index (χ1v) is 20.6. The summed E-state index contributed by atoms with van der Waals surface area (Å²) < 4.78 is 0. The van der Waals surface area contributed by atoms with E-state index < -0.39 is 27.1 Å². The number of amides is 1. The zero-order chi connectivity index (χ0) is 44.9. The second kappa shape index (κ2) is 22.9. The van der Waals surface area contributed by atoms with Crippen molar-refractivity contribution in [1.82, 2.24) is 5.32 Å². The smallest absolute Gasteiger partial charge is 0.871 e. The Balaban J connectivity index is 0.000000221. The second-order valence-corrected chi connectivity index (χ2v) is 15.2. The Kier molecular flexibility index (Phi) is 17.2. The van der Waals surface area contributed by atoms with Crippen molar-refractivity contribution >= 4 is 67.3 Å². The molecule has 0 aliphatic heterocycles. The maximum absolute atomic E-state index is 12.3. The van der Waals surface area contributed by atoms with Gasteiger partial charge in [0.05, 0.1) is 38.3 Å². The molecule has 18 heteroatoms. The van der Waals surface area contributed by atoms with Crippen LogP contribution in [0.15, 0.2) is 124 Å². The molecule has 64 heavy (non-hydrogen) atoms. The third kappa shape index (κ3) is 12.8. The summed E-state index contributed by atoms with van der Waals surface area (Å²) in [5.74, 6) is -2.22. The normalized spacial score (nSPS) is 14.3. The van der Waals surface area contributed by atoms with Crippen molar-refractivity contribution in [2.24, 2.45) is 20.5 Å². The molecule has 329 valence electrons. The van der Waals surface area contributed by atoms with Crippen LogP contribution in [0.4, 0.5) is 39.8 Å². The molecular formula is C46H45CrN8O9. The minimum Gasteiger partial charge on any atom is -0.871 e. The Morgan fingerprint density at radius 3 is 1.58 bits per heavy atom. The summed E-state index contributed by atoms with van der Waals surface area (Å²) in [5.41, 5.74) is -0.657. The topological polar surface area (TPSA) is 269 Å². The predicted octanol–water partition coefficient (Wildman–Crippen LogP) is 9.93. The van der Waals surface area contributed by atoms with E-state index in [0.29, 0.717) is 21.8 Å². The van der Waals surface area contributed by atoms with E-state index in [-0.39, 0.29) is 64.6 Å². The molecule has 0 atom stereocenters. The first-order chi connectivity index (χ1) is 30.4. The monoisotopic (exact) mass is 905 g/mol. The zero-order valence-electron chi connectivity index (χ0n) is 35.8. The standard InChI is InChI=1S/C18H14N4O5.C16H11N3O4.C12H23N.Cr/c1-10(23)19-13-4-2-3-11-5-7-16(25)18(17(11)13)21-20-14-9-12(22(26)27)6-8-15(14)24;20-14-8-6-11(19(22)23)9-13(14)17-18-16-12-4-2-1-3-10(12)5-7-15(16)21;1-3-7-11(8-4-1)13-12-9-5-2-6-10-12;/h2-9,24-25H,1H3,(H,19,23);1-9,20-21H;11-13H,1-10H2;/q;;;+3/p-3. The third-order valence-electron chi connectivity index (χ3n) is 10.7. The molecule has 2 saturated carbocycles. The SMILES string of the molecule is C1CCC(NC2CCCCC2)CC1.CC(=O)Nc1cccc2ccc([O-])c(N=Nc3cc([N+](=O)[O-])ccc3[O-])c12.O=[N+]([O-])c1ccc([O-])c(N=Nc2c([O-])ccc3ccccc23)c1.[Cr+3].[H+]. The number of anilines is 1. The van der Waals surface area contributed by atoms with Gasteiger partial charge in [-0.25, -0.2) is 0 Å². The number of non-ortho nitro benzene ring substituents is 2. The van der Waals surface area contributed by atoms with Gasteiger partial charge in [0.1, 0.15) is 0 Å². The van der Waals surface area contributed by atoms with Crippen LogP contribution in [0.5, 0.6) is 23.0 Å². The number of hydrogen-bond donors (Lipinski definition) is 2. The largest absolute Gasteiger partial charge is 3.00 e. The average molecular weight is 906 g/mol. The molecule has 17 nitrogen and oxygen atoms in total. The molecule has 1 radical (unpaired) electrons. The molecular weight excluding hydrogens is 861 g/mol. The number of nitrogens with zero attached hydrogens (tertiary/aromatic N) is 6. The summed E-state index contributed by atoms with van der Waals surface area (Å²) in [6, 6.07) is 26.0. The van der Waals surface area contributed by atoms with Crippen molar-refractivity contribution in [2.45, 2.75) is 83.2 Å². The number of nitro benzene ring substituents is 2. The number of hydrogen-bond acceptors (Lipinski definition) is 14.